The summed E-state index contributed by atoms with van der Waals surface area (Å²) in [7, 11) is 0. The third-order valence-corrected chi connectivity index (χ3v) is 2.59. The molecule has 0 fully saturated rings. The molecule has 1 aromatic heterocycles. The molecule has 0 aliphatic rings. The summed E-state index contributed by atoms with van der Waals surface area (Å²) in [5, 5.41) is 9.90. The maximum atomic E-state index is 9.90. The van der Waals surface area contributed by atoms with Crippen LogP contribution >= 0.6 is 15.9 Å². The van der Waals surface area contributed by atoms with Crippen molar-refractivity contribution in [2.45, 2.75) is 0 Å². The Kier molecular flexibility index (Phi) is 3.37. The molecule has 80 valence electrons. The molecule has 0 aliphatic heterocycles. The number of hydrogen-bond donors (Lipinski definition) is 1. The van der Waals surface area contributed by atoms with Crippen LogP contribution in [0, 0.1) is 0 Å². The Morgan fingerprint density at radius 1 is 1.19 bits per heavy atom. The van der Waals surface area contributed by atoms with E-state index in [-0.39, 0.29) is 5.76 Å². The summed E-state index contributed by atoms with van der Waals surface area (Å²) >= 11 is 3.36. The summed E-state index contributed by atoms with van der Waals surface area (Å²) in [6, 6.07) is 13.1. The molecule has 1 aromatic carbocycles. The molecular formula is C13H10BrNO. The van der Waals surface area contributed by atoms with Crippen LogP contribution < -0.4 is 0 Å². The van der Waals surface area contributed by atoms with E-state index in [9.17, 15) is 5.11 Å². The van der Waals surface area contributed by atoms with E-state index < -0.39 is 0 Å². The van der Waals surface area contributed by atoms with Crippen molar-refractivity contribution in [3.8, 4) is 0 Å². The van der Waals surface area contributed by atoms with E-state index >= 15 is 0 Å². The first-order valence-electron chi connectivity index (χ1n) is 4.83. The van der Waals surface area contributed by atoms with Crippen LogP contribution in [0.3, 0.4) is 0 Å². The summed E-state index contributed by atoms with van der Waals surface area (Å²) < 4.78 is 0.936. The first-order chi connectivity index (χ1) is 7.75. The predicted octanol–water partition coefficient (Wildman–Crippen LogP) is 3.90. The molecule has 2 nitrogen and oxygen atoms in total. The molecule has 1 N–H and O–H groups in total. The first-order valence-corrected chi connectivity index (χ1v) is 5.62. The molecule has 0 radical (unpaired) electrons. The normalized spacial score (nSPS) is 11.4. The minimum absolute atomic E-state index is 0.208. The minimum atomic E-state index is 0.208. The first kappa shape index (κ1) is 10.9. The number of rotatable bonds is 2. The molecule has 0 amide bonds. The third-order valence-electron chi connectivity index (χ3n) is 2.09. The molecule has 16 heavy (non-hydrogen) atoms. The maximum absolute atomic E-state index is 9.90. The van der Waals surface area contributed by atoms with Gasteiger partial charge < -0.3 is 5.11 Å². The molecule has 0 saturated carbocycles. The number of nitrogens with zero attached hydrogens (tertiary/aromatic N) is 1. The minimum Gasteiger partial charge on any atom is -0.507 e. The monoisotopic (exact) mass is 275 g/mol. The zero-order chi connectivity index (χ0) is 11.4. The summed E-state index contributed by atoms with van der Waals surface area (Å²) in [6.07, 6.45) is 3.34. The van der Waals surface area contributed by atoms with Crippen molar-refractivity contribution in [2.24, 2.45) is 0 Å². The van der Waals surface area contributed by atoms with Gasteiger partial charge in [0, 0.05) is 22.3 Å². The average Bonchev–Trinajstić information content (AvgIpc) is 2.30. The SMILES string of the molecule is O/C(=C\c1ccccn1)c1cccc(Br)c1. The summed E-state index contributed by atoms with van der Waals surface area (Å²) in [6.45, 7) is 0. The summed E-state index contributed by atoms with van der Waals surface area (Å²) in [4.78, 5) is 4.12. The standard InChI is InChI=1S/C13H10BrNO/c14-11-5-3-4-10(8-11)13(16)9-12-6-1-2-7-15-12/h1-9,16H/b13-9-. The van der Waals surface area contributed by atoms with Gasteiger partial charge in [-0.2, -0.15) is 0 Å². The number of aliphatic hydroxyl groups excluding tert-OH is 1. The molecular weight excluding hydrogens is 266 g/mol. The predicted molar refractivity (Wildman–Crippen MR) is 68.9 cm³/mol. The van der Waals surface area contributed by atoms with Crippen LogP contribution in [0.5, 0.6) is 0 Å². The number of pyridine rings is 1. The van der Waals surface area contributed by atoms with Gasteiger partial charge in [-0.15, -0.1) is 0 Å². The lowest BCUT2D eigenvalue weighted by atomic mass is 10.1. The lowest BCUT2D eigenvalue weighted by molar-refractivity contribution is 0.515. The van der Waals surface area contributed by atoms with Crippen molar-refractivity contribution in [1.29, 1.82) is 0 Å². The average molecular weight is 276 g/mol. The second-order valence-corrected chi connectivity index (χ2v) is 4.21. The molecule has 0 spiro atoms. The van der Waals surface area contributed by atoms with E-state index in [2.05, 4.69) is 20.9 Å². The largest absolute Gasteiger partial charge is 0.507 e. The van der Waals surface area contributed by atoms with E-state index in [1.54, 1.807) is 12.3 Å². The van der Waals surface area contributed by atoms with Gasteiger partial charge in [0.05, 0.1) is 5.69 Å². The third kappa shape index (κ3) is 2.70. The van der Waals surface area contributed by atoms with Crippen molar-refractivity contribution in [3.63, 3.8) is 0 Å². The van der Waals surface area contributed by atoms with Crippen LogP contribution in [-0.4, -0.2) is 10.1 Å². The topological polar surface area (TPSA) is 33.1 Å². The quantitative estimate of drug-likeness (QED) is 0.844. The van der Waals surface area contributed by atoms with Crippen LogP contribution in [0.2, 0.25) is 0 Å². The highest BCUT2D eigenvalue weighted by Crippen LogP contribution is 2.18. The van der Waals surface area contributed by atoms with Crippen LogP contribution in [-0.2, 0) is 0 Å². The maximum Gasteiger partial charge on any atom is 0.124 e. The number of hydrogen-bond acceptors (Lipinski definition) is 2. The molecule has 0 unspecified atom stereocenters. The van der Waals surface area contributed by atoms with E-state index in [0.717, 1.165) is 15.7 Å². The highest BCUT2D eigenvalue weighted by atomic mass is 79.9. The second-order valence-electron chi connectivity index (χ2n) is 3.29. The van der Waals surface area contributed by atoms with Gasteiger partial charge in [-0.1, -0.05) is 34.1 Å². The summed E-state index contributed by atoms with van der Waals surface area (Å²) in [5.74, 6) is 0.208. The van der Waals surface area contributed by atoms with E-state index in [1.165, 1.54) is 0 Å². The van der Waals surface area contributed by atoms with Crippen molar-refractivity contribution >= 4 is 27.8 Å². The molecule has 0 atom stereocenters. The molecule has 3 heteroatoms. The van der Waals surface area contributed by atoms with E-state index in [0.29, 0.717) is 0 Å². The lowest BCUT2D eigenvalue weighted by Crippen LogP contribution is -1.84. The Bertz CT molecular complexity index is 508. The number of benzene rings is 1. The summed E-state index contributed by atoms with van der Waals surface area (Å²) in [5.41, 5.74) is 1.50. The number of aromatic nitrogens is 1. The fourth-order valence-corrected chi connectivity index (χ4v) is 1.73. The van der Waals surface area contributed by atoms with Crippen LogP contribution in [0.25, 0.3) is 11.8 Å². The Balaban J connectivity index is 2.32. The smallest absolute Gasteiger partial charge is 0.124 e. The molecule has 0 aliphatic carbocycles. The van der Waals surface area contributed by atoms with Gasteiger partial charge in [-0.3, -0.25) is 4.98 Å². The fraction of sp³-hybridized carbons (Fsp3) is 0. The molecule has 2 aromatic rings. The van der Waals surface area contributed by atoms with Gasteiger partial charge >= 0.3 is 0 Å². The van der Waals surface area contributed by atoms with Crippen LogP contribution in [0.4, 0.5) is 0 Å². The lowest BCUT2D eigenvalue weighted by Gasteiger charge is -2.00. The van der Waals surface area contributed by atoms with Crippen molar-refractivity contribution in [2.75, 3.05) is 0 Å². The second kappa shape index (κ2) is 4.94. The van der Waals surface area contributed by atoms with Gasteiger partial charge in [-0.05, 0) is 24.3 Å². The fourth-order valence-electron chi connectivity index (χ4n) is 1.33. The van der Waals surface area contributed by atoms with Gasteiger partial charge in [0.15, 0.2) is 0 Å². The molecule has 2 rings (SSSR count). The zero-order valence-electron chi connectivity index (χ0n) is 8.47. The van der Waals surface area contributed by atoms with Crippen molar-refractivity contribution < 1.29 is 5.11 Å². The highest BCUT2D eigenvalue weighted by molar-refractivity contribution is 9.10. The Morgan fingerprint density at radius 3 is 2.75 bits per heavy atom. The number of halogens is 1. The van der Waals surface area contributed by atoms with E-state index in [4.69, 9.17) is 0 Å². The van der Waals surface area contributed by atoms with Gasteiger partial charge in [0.2, 0.25) is 0 Å². The van der Waals surface area contributed by atoms with Crippen molar-refractivity contribution in [3.05, 3.63) is 64.4 Å². The van der Waals surface area contributed by atoms with Gasteiger partial charge in [0.1, 0.15) is 5.76 Å². The molecule has 0 bridgehead atoms. The van der Waals surface area contributed by atoms with Crippen LogP contribution in [0.1, 0.15) is 11.3 Å². The highest BCUT2D eigenvalue weighted by Gasteiger charge is 1.99. The van der Waals surface area contributed by atoms with E-state index in [1.807, 2.05) is 42.5 Å². The Hall–Kier alpha value is -1.61. The Morgan fingerprint density at radius 2 is 2.06 bits per heavy atom. The number of aliphatic hydroxyl groups is 1. The Labute approximate surface area is 102 Å². The van der Waals surface area contributed by atoms with Gasteiger partial charge in [0.25, 0.3) is 0 Å². The molecule has 0 saturated heterocycles. The van der Waals surface area contributed by atoms with Gasteiger partial charge in [-0.25, -0.2) is 0 Å². The molecule has 1 heterocycles. The van der Waals surface area contributed by atoms with Crippen LogP contribution in [0.15, 0.2) is 53.1 Å². The van der Waals surface area contributed by atoms with Crippen molar-refractivity contribution in [1.82, 2.24) is 4.98 Å². The zero-order valence-corrected chi connectivity index (χ0v) is 10.1.